The number of hydrogen-bond donors (Lipinski definition) is 2. The second-order valence-electron chi connectivity index (χ2n) is 6.71. The quantitative estimate of drug-likeness (QED) is 0.377. The first-order valence-corrected chi connectivity index (χ1v) is 11.1. The number of nitrogens with one attached hydrogen (secondary N) is 1. The zero-order chi connectivity index (χ0) is 21.1. The van der Waals surface area contributed by atoms with Crippen LogP contribution in [-0.2, 0) is 4.79 Å². The van der Waals surface area contributed by atoms with E-state index in [2.05, 4.69) is 50.7 Å². The number of aromatic hydroxyl groups is 1. The number of fused-ring (bicyclic) bond motifs is 3. The molecule has 152 valence electrons. The largest absolute Gasteiger partial charge is 0.503 e. The van der Waals surface area contributed by atoms with Crippen LogP contribution in [0.1, 0.15) is 21.9 Å². The van der Waals surface area contributed by atoms with Gasteiger partial charge in [0.15, 0.2) is 11.5 Å². The van der Waals surface area contributed by atoms with Gasteiger partial charge in [0.25, 0.3) is 0 Å². The number of methoxy groups -OCH3 is 1. The molecule has 3 aromatic carbocycles. The Kier molecular flexibility index (Phi) is 6.11. The van der Waals surface area contributed by atoms with E-state index < -0.39 is 0 Å². The molecule has 1 amide bonds. The summed E-state index contributed by atoms with van der Waals surface area (Å²) in [4.78, 5) is 12.3. The van der Waals surface area contributed by atoms with Gasteiger partial charge in [0.05, 0.1) is 28.8 Å². The van der Waals surface area contributed by atoms with Gasteiger partial charge in [-0.05, 0) is 55.9 Å². The minimum absolute atomic E-state index is 0.0206. The van der Waals surface area contributed by atoms with Gasteiger partial charge in [0, 0.05) is 0 Å². The Labute approximate surface area is 187 Å². The van der Waals surface area contributed by atoms with E-state index in [9.17, 15) is 9.90 Å². The summed E-state index contributed by atoms with van der Waals surface area (Å²) in [5.41, 5.74) is 8.19. The Morgan fingerprint density at radius 3 is 2.43 bits per heavy atom. The molecule has 0 atom stereocenters. The number of phenols is 1. The van der Waals surface area contributed by atoms with Crippen molar-refractivity contribution in [2.24, 2.45) is 5.10 Å². The first-order chi connectivity index (χ1) is 14.6. The van der Waals surface area contributed by atoms with Crippen LogP contribution in [0.15, 0.2) is 70.2 Å². The molecule has 0 saturated heterocycles. The molecule has 0 spiro atoms. The third-order valence-corrected chi connectivity index (χ3v) is 6.71. The van der Waals surface area contributed by atoms with E-state index in [0.29, 0.717) is 15.8 Å². The van der Waals surface area contributed by atoms with Crippen LogP contribution in [0.4, 0.5) is 0 Å². The van der Waals surface area contributed by atoms with Crippen molar-refractivity contribution in [1.29, 1.82) is 0 Å². The number of phenolic OH excluding ortho intramolecular Hbond substituents is 1. The maximum Gasteiger partial charge on any atom is 0.250 e. The Balaban J connectivity index is 1.40. The van der Waals surface area contributed by atoms with Crippen LogP contribution in [-0.4, -0.2) is 30.1 Å². The number of thioether (sulfide) groups is 1. The third-order valence-electron chi connectivity index (χ3n) is 4.83. The average Bonchev–Trinajstić information content (AvgIpc) is 3.08. The number of halogens is 1. The standard InChI is InChI=1S/C23H19BrN2O3S/c1-29-20-11-14(10-19(24)22(20)28)12-25-26-21(27)13-30-23-17-8-4-2-6-15(17)16-7-3-5-9-18(16)23/h2-12,23,28H,13H2,1H3,(H,26,27)/b25-12-. The lowest BCUT2D eigenvalue weighted by Crippen LogP contribution is -2.20. The van der Waals surface area contributed by atoms with Gasteiger partial charge in [-0.15, -0.1) is 11.8 Å². The second kappa shape index (κ2) is 8.93. The number of ether oxygens (including phenoxy) is 1. The minimum Gasteiger partial charge on any atom is -0.503 e. The number of nitrogens with zero attached hydrogens (tertiary/aromatic N) is 1. The molecule has 0 aliphatic heterocycles. The molecule has 0 bridgehead atoms. The lowest BCUT2D eigenvalue weighted by molar-refractivity contribution is -0.118. The maximum absolute atomic E-state index is 12.3. The number of carbonyl (C=O) groups excluding carboxylic acids is 1. The zero-order valence-electron chi connectivity index (χ0n) is 16.1. The van der Waals surface area contributed by atoms with E-state index in [0.717, 1.165) is 0 Å². The van der Waals surface area contributed by atoms with E-state index in [4.69, 9.17) is 4.74 Å². The smallest absolute Gasteiger partial charge is 0.250 e. The summed E-state index contributed by atoms with van der Waals surface area (Å²) in [6, 6.07) is 20.0. The van der Waals surface area contributed by atoms with E-state index in [1.54, 1.807) is 23.9 Å². The van der Waals surface area contributed by atoms with Crippen LogP contribution < -0.4 is 10.2 Å². The summed E-state index contributed by atoms with van der Waals surface area (Å²) in [5.74, 6) is 0.453. The molecule has 0 fully saturated rings. The van der Waals surface area contributed by atoms with Crippen LogP contribution in [0.2, 0.25) is 0 Å². The van der Waals surface area contributed by atoms with E-state index in [1.165, 1.54) is 35.6 Å². The molecular formula is C23H19BrN2O3S. The molecule has 0 unspecified atom stereocenters. The number of hydrazone groups is 1. The predicted octanol–water partition coefficient (Wildman–Crippen LogP) is 5.12. The predicted molar refractivity (Wildman–Crippen MR) is 124 cm³/mol. The van der Waals surface area contributed by atoms with Gasteiger partial charge in [-0.1, -0.05) is 48.5 Å². The summed E-state index contributed by atoms with van der Waals surface area (Å²) in [5, 5.41) is 14.0. The van der Waals surface area contributed by atoms with Gasteiger partial charge >= 0.3 is 0 Å². The molecule has 4 rings (SSSR count). The molecule has 7 heteroatoms. The fourth-order valence-corrected chi connectivity index (χ4v) is 5.10. The summed E-state index contributed by atoms with van der Waals surface area (Å²) in [7, 11) is 1.47. The van der Waals surface area contributed by atoms with Crippen molar-refractivity contribution in [3.63, 3.8) is 0 Å². The Morgan fingerprint density at radius 1 is 1.17 bits per heavy atom. The first-order valence-electron chi connectivity index (χ1n) is 9.26. The van der Waals surface area contributed by atoms with Crippen molar-refractivity contribution in [2.45, 2.75) is 5.25 Å². The fourth-order valence-electron chi connectivity index (χ4n) is 3.48. The van der Waals surface area contributed by atoms with Crippen LogP contribution in [0.3, 0.4) is 0 Å². The number of carbonyl (C=O) groups is 1. The van der Waals surface area contributed by atoms with Gasteiger partial charge in [-0.25, -0.2) is 5.43 Å². The van der Waals surface area contributed by atoms with E-state index in [-0.39, 0.29) is 22.7 Å². The summed E-state index contributed by atoms with van der Waals surface area (Å²) < 4.78 is 5.60. The Bertz CT molecular complexity index is 1090. The highest BCUT2D eigenvalue weighted by atomic mass is 79.9. The molecule has 5 nitrogen and oxygen atoms in total. The van der Waals surface area contributed by atoms with Gasteiger partial charge in [-0.3, -0.25) is 4.79 Å². The lowest BCUT2D eigenvalue weighted by atomic mass is 10.1. The van der Waals surface area contributed by atoms with Crippen molar-refractivity contribution in [3.05, 3.63) is 81.8 Å². The number of benzene rings is 3. The average molecular weight is 483 g/mol. The molecule has 0 heterocycles. The van der Waals surface area contributed by atoms with Crippen LogP contribution >= 0.6 is 27.7 Å². The topological polar surface area (TPSA) is 70.9 Å². The van der Waals surface area contributed by atoms with Gasteiger partial charge in [0.1, 0.15) is 0 Å². The molecule has 2 N–H and O–H groups in total. The van der Waals surface area contributed by atoms with Crippen molar-refractivity contribution in [2.75, 3.05) is 12.9 Å². The summed E-state index contributed by atoms with van der Waals surface area (Å²) in [6.07, 6.45) is 1.51. The SMILES string of the molecule is COc1cc(/C=N\NC(=O)CSC2c3ccccc3-c3ccccc32)cc(Br)c1O. The molecule has 0 aromatic heterocycles. The maximum atomic E-state index is 12.3. The highest BCUT2D eigenvalue weighted by Crippen LogP contribution is 2.49. The normalized spacial score (nSPS) is 12.6. The molecule has 1 aliphatic rings. The lowest BCUT2D eigenvalue weighted by Gasteiger charge is -2.12. The van der Waals surface area contributed by atoms with Crippen molar-refractivity contribution < 1.29 is 14.6 Å². The highest BCUT2D eigenvalue weighted by molar-refractivity contribution is 9.10. The summed E-state index contributed by atoms with van der Waals surface area (Å²) in [6.45, 7) is 0. The Hall–Kier alpha value is -2.77. The summed E-state index contributed by atoms with van der Waals surface area (Å²) >= 11 is 4.85. The second-order valence-corrected chi connectivity index (χ2v) is 8.66. The van der Waals surface area contributed by atoms with Gasteiger partial charge in [-0.2, -0.15) is 5.10 Å². The number of rotatable bonds is 6. The van der Waals surface area contributed by atoms with Crippen LogP contribution in [0.25, 0.3) is 11.1 Å². The molecule has 0 saturated carbocycles. The molecule has 1 aliphatic carbocycles. The third kappa shape index (κ3) is 4.08. The monoisotopic (exact) mass is 482 g/mol. The highest BCUT2D eigenvalue weighted by Gasteiger charge is 2.28. The molecular weight excluding hydrogens is 464 g/mol. The van der Waals surface area contributed by atoms with Gasteiger partial charge < -0.3 is 9.84 Å². The zero-order valence-corrected chi connectivity index (χ0v) is 18.5. The van der Waals surface area contributed by atoms with Crippen LogP contribution in [0, 0.1) is 0 Å². The number of amides is 1. The van der Waals surface area contributed by atoms with Crippen LogP contribution in [0.5, 0.6) is 11.5 Å². The van der Waals surface area contributed by atoms with E-state index >= 15 is 0 Å². The first kappa shape index (κ1) is 20.5. The fraction of sp³-hybridized carbons (Fsp3) is 0.130. The van der Waals surface area contributed by atoms with Crippen molar-refractivity contribution in [3.8, 4) is 22.6 Å². The van der Waals surface area contributed by atoms with Gasteiger partial charge in [0.2, 0.25) is 5.91 Å². The number of hydrogen-bond acceptors (Lipinski definition) is 5. The van der Waals surface area contributed by atoms with E-state index in [1.807, 2.05) is 24.3 Å². The van der Waals surface area contributed by atoms with Crippen molar-refractivity contribution in [1.82, 2.24) is 5.43 Å². The van der Waals surface area contributed by atoms with Crippen molar-refractivity contribution >= 4 is 39.8 Å². The Morgan fingerprint density at radius 2 is 1.80 bits per heavy atom. The minimum atomic E-state index is -0.178. The molecule has 30 heavy (non-hydrogen) atoms. The molecule has 3 aromatic rings. The molecule has 0 radical (unpaired) electrons.